The van der Waals surface area contributed by atoms with E-state index in [1.54, 1.807) is 36.4 Å². The highest BCUT2D eigenvalue weighted by Gasteiger charge is 2.46. The molecule has 1 atom stereocenters. The van der Waals surface area contributed by atoms with Crippen molar-refractivity contribution in [2.45, 2.75) is 13.0 Å². The summed E-state index contributed by atoms with van der Waals surface area (Å²) < 4.78 is 26.8. The van der Waals surface area contributed by atoms with Gasteiger partial charge in [-0.15, -0.1) is 0 Å². The Bertz CT molecular complexity index is 1090. The minimum Gasteiger partial charge on any atom is -0.507 e. The van der Waals surface area contributed by atoms with Gasteiger partial charge in [0.15, 0.2) is 11.5 Å². The van der Waals surface area contributed by atoms with E-state index < -0.39 is 17.7 Å². The highest BCUT2D eigenvalue weighted by atomic mass is 16.5. The van der Waals surface area contributed by atoms with Crippen molar-refractivity contribution in [3.63, 3.8) is 0 Å². The lowest BCUT2D eigenvalue weighted by Gasteiger charge is -2.26. The van der Waals surface area contributed by atoms with Gasteiger partial charge in [-0.2, -0.15) is 0 Å². The molecule has 2 aromatic carbocycles. The van der Waals surface area contributed by atoms with E-state index in [1.807, 2.05) is 6.92 Å². The monoisotopic (exact) mass is 471 g/mol. The number of carbonyl (C=O) groups excluding carboxylic acids is 2. The van der Waals surface area contributed by atoms with Crippen molar-refractivity contribution in [3.8, 4) is 23.0 Å². The first-order chi connectivity index (χ1) is 16.4. The van der Waals surface area contributed by atoms with E-state index in [0.717, 1.165) is 0 Å². The predicted molar refractivity (Wildman–Crippen MR) is 125 cm³/mol. The second-order valence-corrected chi connectivity index (χ2v) is 7.39. The van der Waals surface area contributed by atoms with Crippen molar-refractivity contribution >= 4 is 17.4 Å². The van der Waals surface area contributed by atoms with Crippen LogP contribution in [0.4, 0.5) is 0 Å². The molecule has 0 spiro atoms. The third kappa shape index (κ3) is 4.65. The van der Waals surface area contributed by atoms with Gasteiger partial charge in [0, 0.05) is 19.7 Å². The molecule has 1 unspecified atom stereocenters. The summed E-state index contributed by atoms with van der Waals surface area (Å²) in [5, 5.41) is 11.3. The molecule has 1 aliphatic rings. The fourth-order valence-electron chi connectivity index (χ4n) is 3.92. The molecule has 0 saturated carbocycles. The van der Waals surface area contributed by atoms with Gasteiger partial charge in [0.1, 0.15) is 17.3 Å². The zero-order valence-electron chi connectivity index (χ0n) is 19.9. The molecule has 1 heterocycles. The number of hydrogen-bond donors (Lipinski definition) is 1. The molecule has 0 radical (unpaired) electrons. The fraction of sp³-hybridized carbons (Fsp3) is 0.360. The molecule has 1 N–H and O–H groups in total. The van der Waals surface area contributed by atoms with E-state index >= 15 is 0 Å². The van der Waals surface area contributed by atoms with Gasteiger partial charge in [0.2, 0.25) is 0 Å². The average molecular weight is 472 g/mol. The zero-order chi connectivity index (χ0) is 24.8. The zero-order valence-corrected chi connectivity index (χ0v) is 19.9. The number of methoxy groups -OCH3 is 4. The summed E-state index contributed by atoms with van der Waals surface area (Å²) in [7, 11) is 5.96. The average Bonchev–Trinajstić information content (AvgIpc) is 3.11. The summed E-state index contributed by atoms with van der Waals surface area (Å²) in [5.74, 6) is -0.105. The van der Waals surface area contributed by atoms with Crippen LogP contribution < -0.4 is 18.9 Å². The van der Waals surface area contributed by atoms with Crippen molar-refractivity contribution < 1.29 is 38.4 Å². The molecule has 182 valence electrons. The number of aliphatic hydroxyl groups is 1. The maximum atomic E-state index is 13.2. The van der Waals surface area contributed by atoms with Crippen molar-refractivity contribution in [3.05, 3.63) is 53.1 Å². The predicted octanol–water partition coefficient (Wildman–Crippen LogP) is 3.18. The molecular formula is C25H29NO8. The van der Waals surface area contributed by atoms with Crippen LogP contribution in [-0.2, 0) is 14.3 Å². The summed E-state index contributed by atoms with van der Waals surface area (Å²) in [6.07, 6.45) is 0. The Morgan fingerprint density at radius 1 is 0.941 bits per heavy atom. The topological polar surface area (TPSA) is 104 Å². The lowest BCUT2D eigenvalue weighted by Crippen LogP contribution is -2.32. The van der Waals surface area contributed by atoms with E-state index in [0.29, 0.717) is 35.2 Å². The van der Waals surface area contributed by atoms with E-state index in [9.17, 15) is 14.7 Å². The largest absolute Gasteiger partial charge is 0.507 e. The van der Waals surface area contributed by atoms with Crippen molar-refractivity contribution in [1.82, 2.24) is 4.90 Å². The van der Waals surface area contributed by atoms with Gasteiger partial charge in [0.05, 0.1) is 51.7 Å². The number of aliphatic hydroxyl groups excluding tert-OH is 1. The van der Waals surface area contributed by atoms with Gasteiger partial charge >= 0.3 is 0 Å². The first-order valence-electron chi connectivity index (χ1n) is 10.7. The minimum atomic E-state index is -0.869. The molecule has 0 aliphatic carbocycles. The Balaban J connectivity index is 2.22. The number of benzene rings is 2. The summed E-state index contributed by atoms with van der Waals surface area (Å²) in [5.41, 5.74) is 0.774. The van der Waals surface area contributed by atoms with Crippen LogP contribution in [0.3, 0.4) is 0 Å². The highest BCUT2D eigenvalue weighted by molar-refractivity contribution is 6.46. The van der Waals surface area contributed by atoms with Crippen molar-refractivity contribution in [2.75, 3.05) is 48.2 Å². The molecule has 9 nitrogen and oxygen atoms in total. The van der Waals surface area contributed by atoms with Gasteiger partial charge in [-0.25, -0.2) is 0 Å². The summed E-state index contributed by atoms with van der Waals surface area (Å²) in [4.78, 5) is 27.5. The standard InChI is InChI=1S/C25H29NO8/c1-6-34-18-10-7-15(13-20(18)33-5)22-21(24(28)25(29)26(22)11-12-30-2)23(27)17-9-8-16(31-3)14-19(17)32-4/h7-10,13-14,22,27H,6,11-12H2,1-5H3/b23-21+. The molecule has 0 aromatic heterocycles. The number of ether oxygens (including phenoxy) is 5. The summed E-state index contributed by atoms with van der Waals surface area (Å²) in [6, 6.07) is 9.07. The van der Waals surface area contributed by atoms with Gasteiger partial charge in [0.25, 0.3) is 11.7 Å². The molecule has 1 fully saturated rings. The molecule has 9 heteroatoms. The second-order valence-electron chi connectivity index (χ2n) is 7.39. The quantitative estimate of drug-likeness (QED) is 0.320. The van der Waals surface area contributed by atoms with Crippen LogP contribution in [0.5, 0.6) is 23.0 Å². The van der Waals surface area contributed by atoms with Crippen molar-refractivity contribution in [2.24, 2.45) is 0 Å². The van der Waals surface area contributed by atoms with Gasteiger partial charge in [-0.1, -0.05) is 6.07 Å². The van der Waals surface area contributed by atoms with Crippen LogP contribution in [0.2, 0.25) is 0 Å². The summed E-state index contributed by atoms with van der Waals surface area (Å²) >= 11 is 0. The number of nitrogens with zero attached hydrogens (tertiary/aromatic N) is 1. The first-order valence-corrected chi connectivity index (χ1v) is 10.7. The minimum absolute atomic E-state index is 0.0595. The number of carbonyl (C=O) groups is 2. The van der Waals surface area contributed by atoms with Crippen LogP contribution in [-0.4, -0.2) is 69.9 Å². The van der Waals surface area contributed by atoms with Gasteiger partial charge < -0.3 is 33.7 Å². The van der Waals surface area contributed by atoms with E-state index in [-0.39, 0.29) is 30.0 Å². The van der Waals surface area contributed by atoms with Crippen LogP contribution in [0.25, 0.3) is 5.76 Å². The number of Topliss-reactive ketones (excluding diaryl/α,β-unsaturated/α-hetero) is 1. The van der Waals surface area contributed by atoms with Crippen molar-refractivity contribution in [1.29, 1.82) is 0 Å². The lowest BCUT2D eigenvalue weighted by atomic mass is 9.94. The SMILES string of the molecule is CCOc1ccc(C2/C(=C(\O)c3ccc(OC)cc3OC)C(=O)C(=O)N2CCOC)cc1OC. The molecule has 2 aromatic rings. The molecule has 34 heavy (non-hydrogen) atoms. The number of amides is 1. The van der Waals surface area contributed by atoms with E-state index in [4.69, 9.17) is 23.7 Å². The number of ketones is 1. The van der Waals surface area contributed by atoms with Gasteiger partial charge in [-0.3, -0.25) is 9.59 Å². The van der Waals surface area contributed by atoms with Crippen LogP contribution >= 0.6 is 0 Å². The maximum absolute atomic E-state index is 13.2. The summed E-state index contributed by atoms with van der Waals surface area (Å²) in [6.45, 7) is 2.66. The Labute approximate surface area is 198 Å². The first kappa shape index (κ1) is 24.9. The smallest absolute Gasteiger partial charge is 0.295 e. The number of likely N-dealkylation sites (tertiary alicyclic amines) is 1. The molecular weight excluding hydrogens is 442 g/mol. The fourth-order valence-corrected chi connectivity index (χ4v) is 3.92. The van der Waals surface area contributed by atoms with E-state index in [2.05, 4.69) is 0 Å². The number of rotatable bonds is 10. The normalized spacial score (nSPS) is 17.1. The number of hydrogen-bond acceptors (Lipinski definition) is 8. The second kappa shape index (κ2) is 10.9. The molecule has 1 aliphatic heterocycles. The van der Waals surface area contributed by atoms with Crippen LogP contribution in [0.15, 0.2) is 42.0 Å². The molecule has 1 saturated heterocycles. The Kier molecular flexibility index (Phi) is 8.01. The Morgan fingerprint density at radius 3 is 2.29 bits per heavy atom. The highest BCUT2D eigenvalue weighted by Crippen LogP contribution is 2.43. The third-order valence-electron chi connectivity index (χ3n) is 5.54. The molecule has 0 bridgehead atoms. The van der Waals surface area contributed by atoms with Crippen LogP contribution in [0.1, 0.15) is 24.1 Å². The Hall–Kier alpha value is -3.72. The van der Waals surface area contributed by atoms with Crippen LogP contribution in [0, 0.1) is 0 Å². The lowest BCUT2D eigenvalue weighted by molar-refractivity contribution is -0.140. The maximum Gasteiger partial charge on any atom is 0.295 e. The van der Waals surface area contributed by atoms with E-state index in [1.165, 1.54) is 33.3 Å². The Morgan fingerprint density at radius 2 is 1.68 bits per heavy atom. The molecule has 1 amide bonds. The van der Waals surface area contributed by atoms with Gasteiger partial charge in [-0.05, 0) is 36.8 Å². The molecule has 3 rings (SSSR count). The third-order valence-corrected chi connectivity index (χ3v) is 5.54.